The van der Waals surface area contributed by atoms with Crippen LogP contribution in [0.1, 0.15) is 51.3 Å². The topological polar surface area (TPSA) is 132 Å². The number of aryl methyl sites for hydroxylation is 1. The zero-order valence-electron chi connectivity index (χ0n) is 21.4. The smallest absolute Gasteiger partial charge is 0.258 e. The minimum absolute atomic E-state index is 0.0146. The van der Waals surface area contributed by atoms with E-state index in [0.29, 0.717) is 5.56 Å². The Morgan fingerprint density at radius 1 is 1.30 bits per heavy atom. The molecule has 37 heavy (non-hydrogen) atoms. The van der Waals surface area contributed by atoms with Crippen molar-refractivity contribution in [2.24, 2.45) is 5.41 Å². The van der Waals surface area contributed by atoms with Crippen LogP contribution >= 0.6 is 11.3 Å². The molecule has 1 aliphatic carbocycles. The summed E-state index contributed by atoms with van der Waals surface area (Å²) in [4.78, 5) is 45.4. The molecule has 2 aliphatic rings. The van der Waals surface area contributed by atoms with Crippen LogP contribution in [-0.4, -0.2) is 68.2 Å². The van der Waals surface area contributed by atoms with Crippen LogP contribution in [0.4, 0.5) is 4.39 Å². The van der Waals surface area contributed by atoms with Crippen LogP contribution in [-0.2, 0) is 20.9 Å². The number of halogens is 1. The number of likely N-dealkylation sites (tertiary alicyclic amines) is 1. The molecule has 1 saturated carbocycles. The lowest BCUT2D eigenvalue weighted by Crippen LogP contribution is -2.59. The Hall–Kier alpha value is -3.05. The molecule has 3 amide bonds. The average Bonchev–Trinajstić information content (AvgIpc) is 3.23. The first-order valence-electron chi connectivity index (χ1n) is 12.3. The monoisotopic (exact) mass is 532 g/mol. The Morgan fingerprint density at radius 3 is 2.57 bits per heavy atom. The van der Waals surface area contributed by atoms with Gasteiger partial charge in [0.2, 0.25) is 11.8 Å². The summed E-state index contributed by atoms with van der Waals surface area (Å²) >= 11 is 1.47. The number of aromatic nitrogens is 1. The zero-order valence-corrected chi connectivity index (χ0v) is 22.2. The summed E-state index contributed by atoms with van der Waals surface area (Å²) in [5, 5.41) is 26.1. The quantitative estimate of drug-likeness (QED) is 0.433. The largest absolute Gasteiger partial charge is 0.508 e. The van der Waals surface area contributed by atoms with E-state index in [1.54, 1.807) is 38.4 Å². The molecule has 0 spiro atoms. The summed E-state index contributed by atoms with van der Waals surface area (Å²) in [7, 11) is 0. The van der Waals surface area contributed by atoms with Gasteiger partial charge in [-0.2, -0.15) is 0 Å². The molecular weight excluding hydrogens is 499 g/mol. The van der Waals surface area contributed by atoms with Gasteiger partial charge in [0.15, 0.2) is 5.67 Å². The number of benzene rings is 1. The van der Waals surface area contributed by atoms with Crippen LogP contribution in [0.3, 0.4) is 0 Å². The Balaban J connectivity index is 1.45. The highest BCUT2D eigenvalue weighted by molar-refractivity contribution is 7.13. The summed E-state index contributed by atoms with van der Waals surface area (Å²) < 4.78 is 14.3. The number of nitrogens with one attached hydrogen (secondary N) is 2. The van der Waals surface area contributed by atoms with E-state index in [2.05, 4.69) is 15.6 Å². The number of phenols is 1. The van der Waals surface area contributed by atoms with Crippen LogP contribution in [0, 0.1) is 12.3 Å². The minimum atomic E-state index is -1.94. The van der Waals surface area contributed by atoms with Crippen molar-refractivity contribution in [3.8, 4) is 16.2 Å². The van der Waals surface area contributed by atoms with Crippen LogP contribution in [0.2, 0.25) is 0 Å². The number of aliphatic hydroxyl groups is 1. The number of alkyl halides is 1. The zero-order chi connectivity index (χ0) is 27.1. The fourth-order valence-electron chi connectivity index (χ4n) is 4.45. The molecule has 2 fully saturated rings. The fraction of sp³-hybridized carbons (Fsp3) is 0.538. The lowest BCUT2D eigenvalue weighted by atomic mass is 9.85. The van der Waals surface area contributed by atoms with Gasteiger partial charge < -0.3 is 25.7 Å². The lowest BCUT2D eigenvalue weighted by molar-refractivity contribution is -0.145. The number of hydrogen-bond acceptors (Lipinski definition) is 7. The second-order valence-electron chi connectivity index (χ2n) is 11.0. The standard InChI is InChI=1S/C26H33FN4O5S/c1-14-20(37-13-29-14)15-5-6-16(19(33)9-15)11-28-22(34)18-10-17(32)12-31(18)23(35)21(25(2,3)4)30-24(36)26(27)7-8-26/h5-6,9,13,17-18,21,32-33H,7-8,10-12H2,1-4H3,(H,28,34)(H,30,36)/t17-,18-,21?/m1/s1. The van der Waals surface area contributed by atoms with Crippen LogP contribution in [0.5, 0.6) is 5.75 Å². The molecule has 1 aliphatic heterocycles. The van der Waals surface area contributed by atoms with Gasteiger partial charge in [0.1, 0.15) is 17.8 Å². The highest BCUT2D eigenvalue weighted by Gasteiger charge is 2.53. The molecule has 1 unspecified atom stereocenters. The third-order valence-corrected chi connectivity index (χ3v) is 7.87. The minimum Gasteiger partial charge on any atom is -0.508 e. The van der Waals surface area contributed by atoms with E-state index in [9.17, 15) is 29.0 Å². The second kappa shape index (κ2) is 10.0. The average molecular weight is 533 g/mol. The van der Waals surface area contributed by atoms with Crippen molar-refractivity contribution in [2.45, 2.75) is 77.4 Å². The molecule has 4 rings (SSSR count). The molecule has 4 N–H and O–H groups in total. The van der Waals surface area contributed by atoms with E-state index in [0.717, 1.165) is 16.1 Å². The van der Waals surface area contributed by atoms with Crippen LogP contribution in [0.25, 0.3) is 10.4 Å². The third-order valence-electron chi connectivity index (χ3n) is 6.90. The van der Waals surface area contributed by atoms with Crippen LogP contribution < -0.4 is 10.6 Å². The van der Waals surface area contributed by atoms with E-state index >= 15 is 0 Å². The normalized spacial score (nSPS) is 21.4. The van der Waals surface area contributed by atoms with Gasteiger partial charge in [-0.25, -0.2) is 9.37 Å². The summed E-state index contributed by atoms with van der Waals surface area (Å²) in [6, 6.07) is 3.13. The molecule has 1 aromatic heterocycles. The van der Waals surface area contributed by atoms with Gasteiger partial charge in [-0.05, 0) is 36.8 Å². The van der Waals surface area contributed by atoms with Crippen molar-refractivity contribution in [1.29, 1.82) is 0 Å². The molecule has 0 radical (unpaired) electrons. The Labute approximate surface area is 219 Å². The summed E-state index contributed by atoms with van der Waals surface area (Å²) in [6.07, 6.45) is -0.642. The van der Waals surface area contributed by atoms with Gasteiger partial charge in [0, 0.05) is 25.1 Å². The Morgan fingerprint density at radius 2 is 2.00 bits per heavy atom. The van der Waals surface area contributed by atoms with Crippen molar-refractivity contribution >= 4 is 29.1 Å². The number of aliphatic hydroxyl groups excluding tert-OH is 1. The molecule has 9 nitrogen and oxygen atoms in total. The molecule has 0 bridgehead atoms. The van der Waals surface area contributed by atoms with E-state index in [1.165, 1.54) is 16.2 Å². The first-order chi connectivity index (χ1) is 17.3. The molecule has 3 atom stereocenters. The van der Waals surface area contributed by atoms with Gasteiger partial charge >= 0.3 is 0 Å². The summed E-state index contributed by atoms with van der Waals surface area (Å²) in [5.74, 6) is -1.85. The van der Waals surface area contributed by atoms with E-state index in [-0.39, 0.29) is 38.1 Å². The molecule has 11 heteroatoms. The van der Waals surface area contributed by atoms with Gasteiger partial charge in [0.25, 0.3) is 5.91 Å². The number of carbonyl (C=O) groups is 3. The second-order valence-corrected chi connectivity index (χ2v) is 11.8. The predicted molar refractivity (Wildman–Crippen MR) is 136 cm³/mol. The first-order valence-corrected chi connectivity index (χ1v) is 13.2. The van der Waals surface area contributed by atoms with Crippen molar-refractivity contribution in [3.63, 3.8) is 0 Å². The molecule has 1 aromatic carbocycles. The van der Waals surface area contributed by atoms with E-state index < -0.39 is 47.0 Å². The molecular formula is C26H33FN4O5S. The molecule has 1 saturated heterocycles. The van der Waals surface area contributed by atoms with E-state index in [1.807, 2.05) is 13.0 Å². The van der Waals surface area contributed by atoms with Crippen molar-refractivity contribution in [1.82, 2.24) is 20.5 Å². The van der Waals surface area contributed by atoms with Crippen molar-refractivity contribution in [3.05, 3.63) is 35.0 Å². The molecule has 2 aromatic rings. The Bertz CT molecular complexity index is 1210. The summed E-state index contributed by atoms with van der Waals surface area (Å²) in [5.41, 5.74) is 1.21. The predicted octanol–water partition coefficient (Wildman–Crippen LogP) is 2.44. The number of carbonyl (C=O) groups excluding carboxylic acids is 3. The number of hydrogen-bond donors (Lipinski definition) is 4. The number of rotatable bonds is 7. The molecule has 2 heterocycles. The van der Waals surface area contributed by atoms with Gasteiger partial charge in [-0.3, -0.25) is 14.4 Å². The van der Waals surface area contributed by atoms with Gasteiger partial charge in [-0.15, -0.1) is 11.3 Å². The third kappa shape index (κ3) is 5.77. The maximum atomic E-state index is 14.3. The highest BCUT2D eigenvalue weighted by Crippen LogP contribution is 2.40. The number of aromatic hydroxyl groups is 1. The van der Waals surface area contributed by atoms with Crippen molar-refractivity contribution in [2.75, 3.05) is 6.54 Å². The maximum Gasteiger partial charge on any atom is 0.258 e. The lowest BCUT2D eigenvalue weighted by Gasteiger charge is -2.35. The number of amides is 3. The highest BCUT2D eigenvalue weighted by atomic mass is 32.1. The SMILES string of the molecule is Cc1ncsc1-c1ccc(CNC(=O)[C@H]2C[C@@H](O)CN2C(=O)C(NC(=O)C2(F)CC2)C(C)(C)C)c(O)c1. The number of nitrogens with zero attached hydrogens (tertiary/aromatic N) is 2. The number of phenolic OH excluding ortho intramolecular Hbond substituents is 1. The van der Waals surface area contributed by atoms with Gasteiger partial charge in [0.05, 0.1) is 22.2 Å². The fourth-order valence-corrected chi connectivity index (χ4v) is 5.25. The summed E-state index contributed by atoms with van der Waals surface area (Å²) in [6.45, 7) is 7.07. The number of thiazole rings is 1. The van der Waals surface area contributed by atoms with Crippen molar-refractivity contribution < 1.29 is 29.0 Å². The first kappa shape index (κ1) is 27.0. The maximum absolute atomic E-state index is 14.3. The molecule has 200 valence electrons. The van der Waals surface area contributed by atoms with E-state index in [4.69, 9.17) is 0 Å². The van der Waals surface area contributed by atoms with Gasteiger partial charge in [-0.1, -0.05) is 32.9 Å². The number of β-amino-alcohol motifs (C(OH)–C–C–N with tert-alkyl or cyclic N) is 1. The van der Waals surface area contributed by atoms with Crippen LogP contribution in [0.15, 0.2) is 23.7 Å². The Kier molecular flexibility index (Phi) is 7.31.